The number of rotatable bonds is 8. The molecule has 0 radical (unpaired) electrons. The summed E-state index contributed by atoms with van der Waals surface area (Å²) >= 11 is 0. The maximum Gasteiger partial charge on any atom is 0.410 e. The van der Waals surface area contributed by atoms with Crippen LogP contribution in [-0.2, 0) is 28.6 Å². The van der Waals surface area contributed by atoms with E-state index in [0.29, 0.717) is 67.4 Å². The van der Waals surface area contributed by atoms with E-state index in [0.717, 1.165) is 82.4 Å². The fourth-order valence-corrected chi connectivity index (χ4v) is 11.2. The highest BCUT2D eigenvalue weighted by atomic mass is 16.6. The van der Waals surface area contributed by atoms with Crippen LogP contribution in [0.1, 0.15) is 428 Å². The number of carboxylic acids is 1. The van der Waals surface area contributed by atoms with Gasteiger partial charge in [-0.1, -0.05) is 269 Å². The van der Waals surface area contributed by atoms with Crippen LogP contribution in [0, 0.1) is 87.6 Å². The van der Waals surface area contributed by atoms with Crippen molar-refractivity contribution in [2.75, 3.05) is 53.0 Å². The summed E-state index contributed by atoms with van der Waals surface area (Å²) in [6, 6.07) is 1.05. The number of carbonyl (C=O) groups excluding carboxylic acids is 4. The van der Waals surface area contributed by atoms with Crippen molar-refractivity contribution < 1.29 is 43.3 Å². The lowest BCUT2D eigenvalue weighted by molar-refractivity contribution is -0.149. The predicted octanol–water partition coefficient (Wildman–Crippen LogP) is 28.1. The SMILES string of the molecule is CC(=O)C(C)(C)C.CC(C)(C)C(C)(C)C.CC(C)(C)C(C)(C)CCC(=O)O.CC(C)(C)C(C)(C)CCC1=NCN=N1.CC(C)(C)C1CCCCN1.CC(C)(C)C1CCNCC1.CC(C)(C)OC(=O)N1CCC(C(C)(C)C)CC1.CC(C)(C)OC(=O)N1CCCCC1C(C)(C)C.CCCC(C)(C)C(C)(C)C.COC(=O)C(C)(C)C. The Kier molecular flexibility index (Phi) is 51.3. The quantitative estimate of drug-likeness (QED) is 0.154. The normalized spacial score (nSPS) is 18.1. The van der Waals surface area contributed by atoms with Crippen LogP contribution in [-0.4, -0.2) is 127 Å². The Bertz CT molecular complexity index is 2640. The minimum atomic E-state index is -0.702. The minimum Gasteiger partial charge on any atom is -0.481 e. The van der Waals surface area contributed by atoms with Crippen LogP contribution < -0.4 is 10.6 Å². The molecule has 674 valence electrons. The Balaban J connectivity index is -0.000000387. The highest BCUT2D eigenvalue weighted by molar-refractivity contribution is 5.83. The molecule has 5 aliphatic heterocycles. The first-order valence-electron chi connectivity index (χ1n) is 44.0. The monoisotopic (exact) mass is 1600 g/mol. The standard InChI is InChI=1S/2C14H27NO2.C11H21N3.C10H20O2.C10H22.2C9H19N.C8H18.C6H12O2.C6H12O/c1-13(2,3)11-7-9-15(10-8-11)12(16)17-14(4,5)6;1-13(2,3)11-9-7-8-10-15(11)12(16)17-14(4,5)6;1-10(2,3)11(4,5)7-6-9-12-8-13-14-9;1-9(2,3)10(4,5)7-6-8(11)12;1-7-8-10(5,6)9(2,3)4;1-9(2,3)8-4-6-10-7-5-8;1-9(2,3)8-6-4-5-7-10-8;1-7(2,3)8(4,5)6;1-6(2,3)5(7)8-4;1-5(7)6(2,3)4/h2*11H,7-10H2,1-6H3;6-8H2,1-5H3;6-7H2,1-5H3,(H,11,12);7-8H2,1-6H3;2*8,10H,4-7H2,1-3H3;1-6H3;1-4H3;1-4H3. The molecule has 3 N–H and O–H groups in total. The van der Waals surface area contributed by atoms with Gasteiger partial charge in [-0.15, -0.1) is 5.11 Å². The number of aliphatic carboxylic acids is 1. The van der Waals surface area contributed by atoms with E-state index in [1.165, 1.54) is 78.1 Å². The number of piperidine rings is 4. The molecule has 5 aliphatic rings. The summed E-state index contributed by atoms with van der Waals surface area (Å²) < 4.78 is 15.4. The van der Waals surface area contributed by atoms with E-state index in [-0.39, 0.29) is 57.4 Å². The molecule has 0 bridgehead atoms. The number of nitrogens with one attached hydrogen (secondary N) is 2. The number of nitrogens with zero attached hydrogens (tertiary/aromatic N) is 5. The number of Topliss-reactive ketones (excluding diaryl/α,β-unsaturated/α-hetero) is 1. The van der Waals surface area contributed by atoms with Gasteiger partial charge in [0.15, 0.2) is 6.67 Å². The molecule has 2 unspecified atom stereocenters. The van der Waals surface area contributed by atoms with Gasteiger partial charge < -0.3 is 39.8 Å². The summed E-state index contributed by atoms with van der Waals surface area (Å²) in [6.07, 6.45) is 17.8. The van der Waals surface area contributed by atoms with E-state index in [1.54, 1.807) is 6.92 Å². The van der Waals surface area contributed by atoms with E-state index in [2.05, 4.69) is 266 Å². The van der Waals surface area contributed by atoms with E-state index in [4.69, 9.17) is 14.6 Å². The Morgan fingerprint density at radius 1 is 0.442 bits per heavy atom. The number of carboxylic acid groups (broad SMARTS) is 1. The van der Waals surface area contributed by atoms with Gasteiger partial charge in [-0.05, 0) is 243 Å². The maximum atomic E-state index is 12.2. The number of azo groups is 1. The molecule has 2 amide bonds. The second-order valence-corrected chi connectivity index (χ2v) is 48.5. The second-order valence-electron chi connectivity index (χ2n) is 48.5. The largest absolute Gasteiger partial charge is 0.481 e. The fourth-order valence-electron chi connectivity index (χ4n) is 11.2. The van der Waals surface area contributed by atoms with Crippen LogP contribution in [0.5, 0.6) is 0 Å². The number of likely N-dealkylation sites (tertiary alicyclic amines) is 2. The fraction of sp³-hybridized carbons (Fsp3) is 0.938. The van der Waals surface area contributed by atoms with Gasteiger partial charge >= 0.3 is 24.1 Å². The first-order valence-corrected chi connectivity index (χ1v) is 44.0. The van der Waals surface area contributed by atoms with Crippen LogP contribution in [0.4, 0.5) is 9.59 Å². The lowest BCUT2D eigenvalue weighted by Crippen LogP contribution is -2.51. The number of hydrogen-bond donors (Lipinski definition) is 3. The summed E-state index contributed by atoms with van der Waals surface area (Å²) in [4.78, 5) is 63.5. The Morgan fingerprint density at radius 3 is 1.10 bits per heavy atom. The number of esters is 1. The zero-order valence-electron chi connectivity index (χ0n) is 84.5. The van der Waals surface area contributed by atoms with Gasteiger partial charge in [0.1, 0.15) is 22.8 Å². The molecule has 113 heavy (non-hydrogen) atoms. The smallest absolute Gasteiger partial charge is 0.410 e. The molecule has 0 saturated carbocycles. The van der Waals surface area contributed by atoms with E-state index < -0.39 is 17.2 Å². The third-order valence-electron chi connectivity index (χ3n) is 24.9. The molecule has 4 fully saturated rings. The number of amides is 2. The zero-order valence-corrected chi connectivity index (χ0v) is 84.5. The molecule has 0 aromatic carbocycles. The van der Waals surface area contributed by atoms with Gasteiger partial charge in [-0.2, -0.15) is 5.11 Å². The topological polar surface area (TPSA) is 201 Å². The highest BCUT2D eigenvalue weighted by Crippen LogP contribution is 2.45. The highest BCUT2D eigenvalue weighted by Gasteiger charge is 2.39. The molecule has 16 heteroatoms. The number of amidine groups is 1. The average Bonchev–Trinajstić information content (AvgIpc) is 1.55. The van der Waals surface area contributed by atoms with Gasteiger partial charge in [0.25, 0.3) is 0 Å². The molecule has 0 aliphatic carbocycles. The lowest BCUT2D eigenvalue weighted by atomic mass is 9.67. The van der Waals surface area contributed by atoms with Crippen molar-refractivity contribution in [3.05, 3.63) is 0 Å². The van der Waals surface area contributed by atoms with E-state index >= 15 is 0 Å². The third-order valence-corrected chi connectivity index (χ3v) is 24.9. The first-order chi connectivity index (χ1) is 49.9. The molecular weight excluding hydrogens is 1410 g/mol. The molecule has 0 aromatic heterocycles. The van der Waals surface area contributed by atoms with Gasteiger partial charge in [0, 0.05) is 50.0 Å². The Morgan fingerprint density at radius 2 is 0.832 bits per heavy atom. The summed E-state index contributed by atoms with van der Waals surface area (Å²) in [7, 11) is 1.40. The molecule has 4 saturated heterocycles. The van der Waals surface area contributed by atoms with Crippen LogP contribution in [0.15, 0.2) is 15.2 Å². The van der Waals surface area contributed by atoms with Gasteiger partial charge in [-0.3, -0.25) is 14.4 Å². The van der Waals surface area contributed by atoms with Crippen LogP contribution in [0.3, 0.4) is 0 Å². The molecule has 5 heterocycles. The van der Waals surface area contributed by atoms with Gasteiger partial charge in [0.05, 0.1) is 12.5 Å². The van der Waals surface area contributed by atoms with Gasteiger partial charge in [-0.25, -0.2) is 14.6 Å². The number of hydrogen-bond acceptors (Lipinski definition) is 13. The molecule has 2 atom stereocenters. The van der Waals surface area contributed by atoms with Crippen molar-refractivity contribution in [2.45, 2.75) is 451 Å². The minimum absolute atomic E-state index is 0.0887. The van der Waals surface area contributed by atoms with Crippen molar-refractivity contribution in [3.8, 4) is 0 Å². The third kappa shape index (κ3) is 55.7. The van der Waals surface area contributed by atoms with E-state index in [1.807, 2.05) is 92.9 Å². The summed E-state index contributed by atoms with van der Waals surface area (Å²) in [5.74, 6) is 1.94. The number of ketones is 1. The van der Waals surface area contributed by atoms with Crippen molar-refractivity contribution >= 4 is 35.7 Å². The molecule has 0 aromatic rings. The Labute approximate surface area is 703 Å². The number of ether oxygens (including phenoxy) is 3. The van der Waals surface area contributed by atoms with Crippen LogP contribution in [0.25, 0.3) is 0 Å². The average molecular weight is 1610 g/mol. The Hall–Kier alpha value is -3.66. The van der Waals surface area contributed by atoms with Crippen molar-refractivity contribution in [2.24, 2.45) is 103 Å². The number of methoxy groups -OCH3 is 1. The predicted molar refractivity (Wildman–Crippen MR) is 489 cm³/mol. The number of carbonyl (C=O) groups is 5. The van der Waals surface area contributed by atoms with Crippen LogP contribution in [0.2, 0.25) is 0 Å². The maximum absolute atomic E-state index is 12.2. The lowest BCUT2D eigenvalue weighted by Gasteiger charge is -2.43. The van der Waals surface area contributed by atoms with Crippen molar-refractivity contribution in [1.82, 2.24) is 20.4 Å². The molecular formula is C97H197N7O9. The van der Waals surface area contributed by atoms with E-state index in [9.17, 15) is 24.0 Å². The van der Waals surface area contributed by atoms with Crippen molar-refractivity contribution in [1.29, 1.82) is 0 Å². The van der Waals surface area contributed by atoms with Crippen LogP contribution >= 0.6 is 0 Å². The molecule has 16 nitrogen and oxygen atoms in total. The molecule has 0 spiro atoms. The second kappa shape index (κ2) is 49.2. The summed E-state index contributed by atoms with van der Waals surface area (Å²) in [5, 5.41) is 23.3. The summed E-state index contributed by atoms with van der Waals surface area (Å²) in [6.45, 7) is 108. The zero-order chi connectivity index (χ0) is 90.8. The number of aliphatic imine (C=N–C) groups is 1. The summed E-state index contributed by atoms with van der Waals surface area (Å²) in [5.41, 5.74) is 2.87. The molecule has 5 rings (SSSR count). The van der Waals surface area contributed by atoms with Gasteiger partial charge in [0.2, 0.25) is 0 Å². The van der Waals surface area contributed by atoms with Crippen molar-refractivity contribution in [3.63, 3.8) is 0 Å². The first kappa shape index (κ1) is 118.